The van der Waals surface area contributed by atoms with Crippen LogP contribution in [-0.2, 0) is 15.7 Å². The van der Waals surface area contributed by atoms with E-state index >= 15 is 0 Å². The molecule has 0 saturated carbocycles. The van der Waals surface area contributed by atoms with Gasteiger partial charge in [0.05, 0.1) is 5.56 Å². The van der Waals surface area contributed by atoms with E-state index in [1.54, 1.807) is 12.1 Å². The summed E-state index contributed by atoms with van der Waals surface area (Å²) >= 11 is 2.14. The van der Waals surface area contributed by atoms with Gasteiger partial charge in [0, 0.05) is 20.8 Å². The van der Waals surface area contributed by atoms with E-state index in [1.807, 2.05) is 18.2 Å². The van der Waals surface area contributed by atoms with Crippen molar-refractivity contribution < 1.29 is 27.1 Å². The van der Waals surface area contributed by atoms with Gasteiger partial charge in [0.2, 0.25) is 5.90 Å². The van der Waals surface area contributed by atoms with Crippen LogP contribution in [-0.4, -0.2) is 11.9 Å². The molecule has 0 unspecified atom stereocenters. The van der Waals surface area contributed by atoms with E-state index in [0.29, 0.717) is 5.56 Å². The van der Waals surface area contributed by atoms with Crippen LogP contribution in [0.25, 0.3) is 17.4 Å². The zero-order valence-corrected chi connectivity index (χ0v) is 16.7. The second-order valence-electron chi connectivity index (χ2n) is 6.13. The van der Waals surface area contributed by atoms with E-state index in [4.69, 9.17) is 9.15 Å². The molecule has 0 N–H and O–H groups in total. The Kier molecular flexibility index (Phi) is 5.03. The molecule has 2 aromatic carbocycles. The molecule has 2 heterocycles. The summed E-state index contributed by atoms with van der Waals surface area (Å²) in [6.07, 6.45) is -3.05. The lowest BCUT2D eigenvalue weighted by Crippen LogP contribution is -2.05. The van der Waals surface area contributed by atoms with Crippen molar-refractivity contribution >= 4 is 40.5 Å². The van der Waals surface area contributed by atoms with E-state index in [0.717, 1.165) is 15.7 Å². The van der Waals surface area contributed by atoms with Crippen molar-refractivity contribution in [3.63, 3.8) is 0 Å². The molecule has 8 heteroatoms. The fourth-order valence-corrected chi connectivity index (χ4v) is 3.27. The van der Waals surface area contributed by atoms with E-state index in [1.165, 1.54) is 24.3 Å². The SMILES string of the molecule is O=C1OC(c2cccc(I)c2)=NC1=Cc1ccc(-c2cccc(C(F)(F)F)c2)o1. The average Bonchev–Trinajstić information content (AvgIpc) is 3.29. The summed E-state index contributed by atoms with van der Waals surface area (Å²) in [5, 5.41) is 0. The van der Waals surface area contributed by atoms with Crippen LogP contribution in [0.4, 0.5) is 13.2 Å². The zero-order chi connectivity index (χ0) is 20.6. The molecule has 1 aliphatic rings. The zero-order valence-electron chi connectivity index (χ0n) is 14.5. The molecule has 0 bridgehead atoms. The Hall–Kier alpha value is -2.88. The van der Waals surface area contributed by atoms with Gasteiger partial charge in [-0.05, 0) is 65.1 Å². The number of aliphatic imine (C=N–C) groups is 1. The summed E-state index contributed by atoms with van der Waals surface area (Å²) < 4.78 is 50.4. The normalized spacial score (nSPS) is 15.5. The second kappa shape index (κ2) is 7.51. The molecule has 4 nitrogen and oxygen atoms in total. The van der Waals surface area contributed by atoms with Crippen LogP contribution in [0.5, 0.6) is 0 Å². The number of carbonyl (C=O) groups excluding carboxylic acids is 1. The average molecular weight is 509 g/mol. The highest BCUT2D eigenvalue weighted by molar-refractivity contribution is 14.1. The van der Waals surface area contributed by atoms with Crippen molar-refractivity contribution in [3.05, 3.63) is 86.8 Å². The highest BCUT2D eigenvalue weighted by atomic mass is 127. The van der Waals surface area contributed by atoms with Gasteiger partial charge in [0.1, 0.15) is 11.5 Å². The van der Waals surface area contributed by atoms with E-state index in [-0.39, 0.29) is 28.7 Å². The third kappa shape index (κ3) is 4.26. The molecule has 0 amide bonds. The predicted molar refractivity (Wildman–Crippen MR) is 109 cm³/mol. The molecule has 0 fully saturated rings. The van der Waals surface area contributed by atoms with Crippen molar-refractivity contribution in [1.29, 1.82) is 0 Å². The first kappa shape index (κ1) is 19.4. The van der Waals surface area contributed by atoms with E-state index < -0.39 is 17.7 Å². The van der Waals surface area contributed by atoms with E-state index in [9.17, 15) is 18.0 Å². The molecule has 4 rings (SSSR count). The van der Waals surface area contributed by atoms with Crippen molar-refractivity contribution in [2.75, 3.05) is 0 Å². The molecule has 3 aromatic rings. The fourth-order valence-electron chi connectivity index (χ4n) is 2.72. The summed E-state index contributed by atoms with van der Waals surface area (Å²) in [6, 6.07) is 15.2. The Labute approximate surface area is 176 Å². The number of nitrogens with zero attached hydrogens (tertiary/aromatic N) is 1. The molecule has 29 heavy (non-hydrogen) atoms. The maximum atomic E-state index is 12.9. The highest BCUT2D eigenvalue weighted by Crippen LogP contribution is 2.33. The standard InChI is InChI=1S/C21H11F3INO3/c22-21(23,24)14-5-1-3-12(9-14)18-8-7-16(28-18)11-17-20(27)29-19(26-17)13-4-2-6-15(25)10-13/h1-11H. The monoisotopic (exact) mass is 509 g/mol. The number of cyclic esters (lactones) is 1. The molecule has 1 aliphatic heterocycles. The minimum atomic E-state index is -4.44. The minimum Gasteiger partial charge on any atom is -0.457 e. The van der Waals surface area contributed by atoms with Gasteiger partial charge in [-0.15, -0.1) is 0 Å². The van der Waals surface area contributed by atoms with Crippen LogP contribution < -0.4 is 0 Å². The van der Waals surface area contributed by atoms with Crippen LogP contribution in [0, 0.1) is 3.57 Å². The first-order valence-electron chi connectivity index (χ1n) is 8.35. The van der Waals surface area contributed by atoms with Crippen LogP contribution in [0.2, 0.25) is 0 Å². The Bertz CT molecular complexity index is 1160. The van der Waals surface area contributed by atoms with E-state index in [2.05, 4.69) is 27.6 Å². The first-order valence-corrected chi connectivity index (χ1v) is 9.43. The summed E-state index contributed by atoms with van der Waals surface area (Å²) in [5.74, 6) is 0.0773. The Morgan fingerprint density at radius 2 is 1.72 bits per heavy atom. The quantitative estimate of drug-likeness (QED) is 0.251. The van der Waals surface area contributed by atoms with Gasteiger partial charge in [0.15, 0.2) is 5.70 Å². The molecule has 146 valence electrons. The second-order valence-corrected chi connectivity index (χ2v) is 7.37. The molecule has 0 spiro atoms. The van der Waals surface area contributed by atoms with Crippen molar-refractivity contribution in [1.82, 2.24) is 0 Å². The number of hydrogen-bond acceptors (Lipinski definition) is 4. The third-order valence-electron chi connectivity index (χ3n) is 4.07. The number of ether oxygens (including phenoxy) is 1. The lowest BCUT2D eigenvalue weighted by molar-refractivity contribution is -0.137. The van der Waals surface area contributed by atoms with Crippen molar-refractivity contribution in [2.45, 2.75) is 6.18 Å². The number of furan rings is 1. The Balaban J connectivity index is 1.62. The predicted octanol–water partition coefficient (Wildman–Crippen LogP) is 5.91. The molecule has 0 radical (unpaired) electrons. The lowest BCUT2D eigenvalue weighted by atomic mass is 10.1. The topological polar surface area (TPSA) is 51.8 Å². The summed E-state index contributed by atoms with van der Waals surface area (Å²) in [6.45, 7) is 0. The minimum absolute atomic E-state index is 0.0452. The van der Waals surface area contributed by atoms with Crippen molar-refractivity contribution in [3.8, 4) is 11.3 Å². The highest BCUT2D eigenvalue weighted by Gasteiger charge is 2.30. The van der Waals surface area contributed by atoms with Crippen LogP contribution in [0.3, 0.4) is 0 Å². The van der Waals surface area contributed by atoms with Gasteiger partial charge in [-0.3, -0.25) is 0 Å². The van der Waals surface area contributed by atoms with Gasteiger partial charge >= 0.3 is 12.1 Å². The van der Waals surface area contributed by atoms with Gasteiger partial charge < -0.3 is 9.15 Å². The largest absolute Gasteiger partial charge is 0.457 e. The Morgan fingerprint density at radius 1 is 0.966 bits per heavy atom. The number of alkyl halides is 3. The number of carbonyl (C=O) groups is 1. The lowest BCUT2D eigenvalue weighted by Gasteiger charge is -2.07. The van der Waals surface area contributed by atoms with Gasteiger partial charge in [-0.1, -0.05) is 18.2 Å². The molecule has 0 atom stereocenters. The van der Waals surface area contributed by atoms with Crippen LogP contribution in [0.1, 0.15) is 16.9 Å². The maximum absolute atomic E-state index is 12.9. The summed E-state index contributed by atoms with van der Waals surface area (Å²) in [5.41, 5.74) is 0.223. The van der Waals surface area contributed by atoms with Crippen LogP contribution in [0.15, 0.2) is 75.8 Å². The number of hydrogen-bond donors (Lipinski definition) is 0. The van der Waals surface area contributed by atoms with Gasteiger partial charge in [-0.25, -0.2) is 9.79 Å². The number of rotatable bonds is 3. The summed E-state index contributed by atoms with van der Waals surface area (Å²) in [4.78, 5) is 16.3. The number of benzene rings is 2. The van der Waals surface area contributed by atoms with Gasteiger partial charge in [-0.2, -0.15) is 13.2 Å². The van der Waals surface area contributed by atoms with Crippen molar-refractivity contribution in [2.24, 2.45) is 4.99 Å². The Morgan fingerprint density at radius 3 is 2.48 bits per heavy atom. The van der Waals surface area contributed by atoms with Gasteiger partial charge in [0.25, 0.3) is 0 Å². The molecular weight excluding hydrogens is 498 g/mol. The molecule has 1 aromatic heterocycles. The third-order valence-corrected chi connectivity index (χ3v) is 4.74. The molecule has 0 saturated heterocycles. The first-order chi connectivity index (χ1) is 13.8. The molecular formula is C21H11F3INO3. The number of halogens is 4. The number of esters is 1. The van der Waals surface area contributed by atoms with Crippen LogP contribution >= 0.6 is 22.6 Å². The maximum Gasteiger partial charge on any atom is 0.416 e. The smallest absolute Gasteiger partial charge is 0.416 e. The fraction of sp³-hybridized carbons (Fsp3) is 0.0476. The summed E-state index contributed by atoms with van der Waals surface area (Å²) in [7, 11) is 0. The molecule has 0 aliphatic carbocycles.